The molecule has 4 aliphatic heterocycles. The Morgan fingerprint density at radius 3 is 2.90 bits per heavy atom. The number of carbonyl (C=O) groups is 3. The van der Waals surface area contributed by atoms with E-state index in [9.17, 15) is 14.4 Å². The number of fused-ring (bicyclic) bond motifs is 5. The van der Waals surface area contributed by atoms with Crippen LogP contribution in [-0.2, 0) is 19.1 Å². The van der Waals surface area contributed by atoms with Gasteiger partial charge in [-0.25, -0.2) is 4.79 Å². The first kappa shape index (κ1) is 18.9. The Morgan fingerprint density at radius 1 is 1.32 bits per heavy atom. The van der Waals surface area contributed by atoms with Gasteiger partial charge in [-0.05, 0) is 12.1 Å². The van der Waals surface area contributed by atoms with E-state index >= 15 is 0 Å². The van der Waals surface area contributed by atoms with Crippen LogP contribution in [0.15, 0.2) is 51.7 Å². The first-order valence-electron chi connectivity index (χ1n) is 10.0. The minimum Gasteiger partial charge on any atom is -0.449 e. The van der Waals surface area contributed by atoms with Crippen molar-refractivity contribution in [2.24, 2.45) is 11.7 Å². The number of ketones is 2. The van der Waals surface area contributed by atoms with Gasteiger partial charge in [-0.15, -0.1) is 11.8 Å². The number of piperazine rings is 1. The lowest BCUT2D eigenvalue weighted by molar-refractivity contribution is -0.137. The van der Waals surface area contributed by atoms with Gasteiger partial charge >= 0.3 is 6.09 Å². The Hall–Kier alpha value is -2.82. The molecule has 2 saturated heterocycles. The summed E-state index contributed by atoms with van der Waals surface area (Å²) in [6.45, 7) is 0.406. The second-order valence-electron chi connectivity index (χ2n) is 8.18. The molecule has 0 saturated carbocycles. The third-order valence-electron chi connectivity index (χ3n) is 6.81. The molecule has 4 N–H and O–H groups in total. The predicted octanol–water partition coefficient (Wildman–Crippen LogP) is 0.588. The number of anilines is 1. The van der Waals surface area contributed by atoms with Crippen LogP contribution in [0.5, 0.6) is 0 Å². The molecule has 0 bridgehead atoms. The van der Waals surface area contributed by atoms with Gasteiger partial charge in [-0.3, -0.25) is 9.59 Å². The van der Waals surface area contributed by atoms with E-state index in [0.717, 1.165) is 10.6 Å². The smallest absolute Gasteiger partial charge is 0.404 e. The summed E-state index contributed by atoms with van der Waals surface area (Å²) in [7, 11) is 1.56. The molecule has 4 heterocycles. The summed E-state index contributed by atoms with van der Waals surface area (Å²) < 4.78 is 11.1. The van der Waals surface area contributed by atoms with E-state index in [1.54, 1.807) is 7.11 Å². The largest absolute Gasteiger partial charge is 0.449 e. The summed E-state index contributed by atoms with van der Waals surface area (Å²) in [6.07, 6.45) is -0.933. The second-order valence-corrected chi connectivity index (χ2v) is 9.20. The van der Waals surface area contributed by atoms with E-state index in [2.05, 4.69) is 10.6 Å². The van der Waals surface area contributed by atoms with Gasteiger partial charge in [0.25, 0.3) is 0 Å². The Bertz CT molecular complexity index is 1130. The molecule has 0 aromatic heterocycles. The lowest BCUT2D eigenvalue weighted by Crippen LogP contribution is -2.55. The number of nitrogens with zero attached hydrogens (tertiary/aromatic N) is 1. The molecule has 1 aromatic rings. The number of Topliss-reactive ketones (excluding diaryl/α,β-unsaturated/α-hetero) is 2. The number of hydrogen-bond donors (Lipinski definition) is 3. The number of primary amides is 1. The molecule has 9 nitrogen and oxygen atoms in total. The van der Waals surface area contributed by atoms with Crippen molar-refractivity contribution in [2.45, 2.75) is 22.7 Å². The summed E-state index contributed by atoms with van der Waals surface area (Å²) >= 11 is 1.53. The van der Waals surface area contributed by atoms with Crippen molar-refractivity contribution in [1.82, 2.24) is 10.2 Å². The highest BCUT2D eigenvalue weighted by molar-refractivity contribution is 7.99. The maximum atomic E-state index is 13.8. The van der Waals surface area contributed by atoms with Gasteiger partial charge in [0, 0.05) is 41.5 Å². The van der Waals surface area contributed by atoms with Crippen LogP contribution in [0.1, 0.15) is 0 Å². The minimum absolute atomic E-state index is 0.0620. The lowest BCUT2D eigenvalue weighted by atomic mass is 9.82. The number of carbonyl (C=O) groups excluding carboxylic acids is 3. The summed E-state index contributed by atoms with van der Waals surface area (Å²) in [5.41, 5.74) is 6.49. The number of rotatable bonds is 3. The number of amides is 1. The molecule has 160 valence electrons. The fourth-order valence-corrected chi connectivity index (χ4v) is 6.50. The molecule has 1 aliphatic carbocycles. The zero-order chi connectivity index (χ0) is 21.5. The number of benzene rings is 1. The molecule has 0 radical (unpaired) electrons. The number of ether oxygens (including phenoxy) is 2. The molecule has 10 heteroatoms. The van der Waals surface area contributed by atoms with Crippen LogP contribution in [0.4, 0.5) is 10.5 Å². The van der Waals surface area contributed by atoms with E-state index < -0.39 is 17.7 Å². The molecular formula is C21H20N4O5S. The highest BCUT2D eigenvalue weighted by Gasteiger charge is 2.72. The Kier molecular flexibility index (Phi) is 3.87. The molecular weight excluding hydrogens is 420 g/mol. The Labute approximate surface area is 182 Å². The summed E-state index contributed by atoms with van der Waals surface area (Å²) in [6, 6.07) is 7.75. The van der Waals surface area contributed by atoms with Gasteiger partial charge in [-0.2, -0.15) is 0 Å². The van der Waals surface area contributed by atoms with Crippen LogP contribution in [0.3, 0.4) is 0 Å². The predicted molar refractivity (Wildman–Crippen MR) is 111 cm³/mol. The number of nitrogens with two attached hydrogens (primary N) is 1. The maximum absolute atomic E-state index is 13.8. The summed E-state index contributed by atoms with van der Waals surface area (Å²) in [4.78, 5) is 41.8. The quantitative estimate of drug-likeness (QED) is 0.456. The average molecular weight is 440 g/mol. The maximum Gasteiger partial charge on any atom is 0.404 e. The monoisotopic (exact) mass is 440 g/mol. The third kappa shape index (κ3) is 2.38. The molecule has 6 rings (SSSR count). The minimum atomic E-state index is -0.966. The molecule has 1 aromatic carbocycles. The lowest BCUT2D eigenvalue weighted by Gasteiger charge is -2.39. The van der Waals surface area contributed by atoms with Crippen LogP contribution in [0.25, 0.3) is 0 Å². The standard InChI is InChI=1S/C21H20N4O5S/c1-29-21-10(7-30-20(22)28)14-16(25(21)6-12-19(21)24-12)17(26)9-8-31-13-5-3-2-4-11(13)23-15(9)18(14)27/h2-5,10,12,19,23-24H,6-8H2,1H3,(H2,22,28)/t10-,12+,19+,21-/m1/s1. The van der Waals surface area contributed by atoms with Gasteiger partial charge in [0.15, 0.2) is 5.72 Å². The molecule has 0 spiro atoms. The highest BCUT2D eigenvalue weighted by atomic mass is 32.2. The third-order valence-corrected chi connectivity index (χ3v) is 7.91. The van der Waals surface area contributed by atoms with Gasteiger partial charge in [0.05, 0.1) is 29.0 Å². The molecule has 31 heavy (non-hydrogen) atoms. The van der Waals surface area contributed by atoms with Gasteiger partial charge < -0.3 is 30.7 Å². The average Bonchev–Trinajstić information content (AvgIpc) is 3.42. The van der Waals surface area contributed by atoms with Crippen LogP contribution >= 0.6 is 11.8 Å². The van der Waals surface area contributed by atoms with Crippen LogP contribution in [0.2, 0.25) is 0 Å². The number of thioether (sulfide) groups is 1. The van der Waals surface area contributed by atoms with Crippen LogP contribution in [-0.4, -0.2) is 66.4 Å². The van der Waals surface area contributed by atoms with Gasteiger partial charge in [0.1, 0.15) is 6.61 Å². The first-order valence-corrected chi connectivity index (χ1v) is 11.0. The van der Waals surface area contributed by atoms with E-state index in [0.29, 0.717) is 29.1 Å². The molecule has 4 atom stereocenters. The zero-order valence-corrected chi connectivity index (χ0v) is 17.5. The van der Waals surface area contributed by atoms with E-state index in [-0.39, 0.29) is 36.0 Å². The fourth-order valence-electron chi connectivity index (χ4n) is 5.47. The second kappa shape index (κ2) is 6.35. The fraction of sp³-hybridized carbons (Fsp3) is 0.381. The van der Waals surface area contributed by atoms with Crippen molar-refractivity contribution >= 4 is 35.1 Å². The molecule has 2 fully saturated rings. The number of nitrogens with one attached hydrogen (secondary N) is 2. The number of hydrogen-bond acceptors (Lipinski definition) is 9. The number of methoxy groups -OCH3 is 1. The molecule has 5 aliphatic rings. The van der Waals surface area contributed by atoms with Crippen molar-refractivity contribution in [3.63, 3.8) is 0 Å². The van der Waals surface area contributed by atoms with E-state index in [1.165, 1.54) is 11.8 Å². The van der Waals surface area contributed by atoms with E-state index in [1.807, 2.05) is 29.2 Å². The number of allylic oxidation sites excluding steroid dienone is 2. The zero-order valence-electron chi connectivity index (χ0n) is 16.6. The highest BCUT2D eigenvalue weighted by Crippen LogP contribution is 2.56. The summed E-state index contributed by atoms with van der Waals surface area (Å²) in [5, 5.41) is 6.56. The Morgan fingerprint density at radius 2 is 2.13 bits per heavy atom. The van der Waals surface area contributed by atoms with E-state index in [4.69, 9.17) is 15.2 Å². The van der Waals surface area contributed by atoms with Gasteiger partial charge in [0.2, 0.25) is 11.6 Å². The van der Waals surface area contributed by atoms with Crippen LogP contribution < -0.4 is 16.4 Å². The molecule has 0 unspecified atom stereocenters. The van der Waals surface area contributed by atoms with Gasteiger partial charge in [-0.1, -0.05) is 12.1 Å². The Balaban J connectivity index is 1.46. The van der Waals surface area contributed by atoms with Crippen molar-refractivity contribution < 1.29 is 23.9 Å². The van der Waals surface area contributed by atoms with Crippen molar-refractivity contribution in [2.75, 3.05) is 31.3 Å². The molecule has 1 amide bonds. The summed E-state index contributed by atoms with van der Waals surface area (Å²) in [5.74, 6) is -0.685. The van der Waals surface area contributed by atoms with Crippen molar-refractivity contribution in [3.05, 3.63) is 46.8 Å². The topological polar surface area (TPSA) is 133 Å². The first-order chi connectivity index (χ1) is 15.0. The number of para-hydroxylation sites is 1. The van der Waals surface area contributed by atoms with Crippen LogP contribution in [0, 0.1) is 5.92 Å². The van der Waals surface area contributed by atoms with Crippen molar-refractivity contribution in [3.8, 4) is 0 Å². The SMILES string of the molecule is CO[C@@]12[C@H](COC(N)=O)C3=C(C(=O)C4=C(Nc5ccccc5SC4)C3=O)N1C[C@@H]1N[C@@H]12. The normalized spacial score (nSPS) is 32.5. The van der Waals surface area contributed by atoms with Crippen molar-refractivity contribution in [1.29, 1.82) is 0 Å².